The van der Waals surface area contributed by atoms with Crippen LogP contribution >= 0.6 is 0 Å². The number of rotatable bonds is 14. The number of ether oxygens (including phenoxy) is 2. The molecule has 148 valence electrons. The summed E-state index contributed by atoms with van der Waals surface area (Å²) in [6, 6.07) is 4.92. The highest BCUT2D eigenvalue weighted by Gasteiger charge is 2.19. The Hall–Kier alpha value is -1.75. The van der Waals surface area contributed by atoms with Crippen molar-refractivity contribution in [1.82, 2.24) is 0 Å². The van der Waals surface area contributed by atoms with Crippen LogP contribution in [0.1, 0.15) is 89.7 Å². The van der Waals surface area contributed by atoms with Crippen LogP contribution in [0.2, 0.25) is 0 Å². The Balaban J connectivity index is 2.66. The molecule has 0 fully saturated rings. The largest absolute Gasteiger partial charge is 0.511 e. The van der Waals surface area contributed by atoms with E-state index in [4.69, 9.17) is 9.84 Å². The van der Waals surface area contributed by atoms with Crippen molar-refractivity contribution in [2.24, 2.45) is 0 Å². The SMILES string of the molecule is CCCCCCCCCC(OCCCC)c1cccc(OC(=O)O)c1O. The fourth-order valence-electron chi connectivity index (χ4n) is 2.96. The normalized spacial score (nSPS) is 12.1. The predicted octanol–water partition coefficient (Wildman–Crippen LogP) is 6.45. The van der Waals surface area contributed by atoms with Gasteiger partial charge in [-0.3, -0.25) is 0 Å². The van der Waals surface area contributed by atoms with Gasteiger partial charge in [0.2, 0.25) is 0 Å². The van der Waals surface area contributed by atoms with Gasteiger partial charge < -0.3 is 19.7 Å². The summed E-state index contributed by atoms with van der Waals surface area (Å²) >= 11 is 0. The molecule has 1 rings (SSSR count). The Labute approximate surface area is 157 Å². The van der Waals surface area contributed by atoms with Crippen molar-refractivity contribution in [2.75, 3.05) is 6.61 Å². The number of hydrogen-bond acceptors (Lipinski definition) is 4. The van der Waals surface area contributed by atoms with Crippen LogP contribution in [-0.4, -0.2) is 23.0 Å². The molecule has 2 N–H and O–H groups in total. The van der Waals surface area contributed by atoms with Crippen LogP contribution in [0.4, 0.5) is 4.79 Å². The molecule has 1 aromatic rings. The summed E-state index contributed by atoms with van der Waals surface area (Å²) in [4.78, 5) is 10.8. The predicted molar refractivity (Wildman–Crippen MR) is 103 cm³/mol. The van der Waals surface area contributed by atoms with Gasteiger partial charge in [0.25, 0.3) is 0 Å². The van der Waals surface area contributed by atoms with Gasteiger partial charge in [-0.05, 0) is 18.9 Å². The molecule has 1 atom stereocenters. The molecule has 0 aromatic heterocycles. The number of phenolic OH excluding ortho intramolecular Hbond substituents is 1. The third-order valence-corrected chi connectivity index (χ3v) is 4.46. The second kappa shape index (κ2) is 13.5. The van der Waals surface area contributed by atoms with Gasteiger partial charge in [0.15, 0.2) is 11.5 Å². The maximum Gasteiger partial charge on any atom is 0.511 e. The molecular weight excluding hydrogens is 332 g/mol. The van der Waals surface area contributed by atoms with Crippen molar-refractivity contribution < 1.29 is 24.5 Å². The highest BCUT2D eigenvalue weighted by atomic mass is 16.7. The summed E-state index contributed by atoms with van der Waals surface area (Å²) in [5.74, 6) is -0.182. The standard InChI is InChI=1S/C21H34O5/c1-3-5-7-8-9-10-11-14-18(25-16-6-4-2)17-13-12-15-19(20(17)22)26-21(23)24/h12-13,15,18,22H,3-11,14,16H2,1-2H3,(H,23,24). The van der Waals surface area contributed by atoms with E-state index in [1.54, 1.807) is 12.1 Å². The zero-order valence-corrected chi connectivity index (χ0v) is 16.2. The number of aromatic hydroxyl groups is 1. The molecule has 1 unspecified atom stereocenters. The molecule has 0 saturated heterocycles. The first-order valence-corrected chi connectivity index (χ1v) is 9.94. The highest BCUT2D eigenvalue weighted by Crippen LogP contribution is 2.37. The van der Waals surface area contributed by atoms with Gasteiger partial charge in [0.05, 0.1) is 6.10 Å². The molecule has 26 heavy (non-hydrogen) atoms. The molecule has 0 spiro atoms. The smallest absolute Gasteiger partial charge is 0.504 e. The fraction of sp³-hybridized carbons (Fsp3) is 0.667. The summed E-state index contributed by atoms with van der Waals surface area (Å²) in [6.07, 6.45) is 9.62. The summed E-state index contributed by atoms with van der Waals surface area (Å²) in [5.41, 5.74) is 0.603. The Morgan fingerprint density at radius 2 is 1.65 bits per heavy atom. The first-order valence-electron chi connectivity index (χ1n) is 9.94. The van der Waals surface area contributed by atoms with Crippen molar-refractivity contribution in [3.8, 4) is 11.5 Å². The lowest BCUT2D eigenvalue weighted by Gasteiger charge is -2.20. The van der Waals surface area contributed by atoms with Gasteiger partial charge in [-0.25, -0.2) is 4.79 Å². The zero-order valence-electron chi connectivity index (χ0n) is 16.2. The molecule has 0 bridgehead atoms. The maximum absolute atomic E-state index is 10.8. The van der Waals surface area contributed by atoms with E-state index in [9.17, 15) is 9.90 Å². The molecule has 5 nitrogen and oxygen atoms in total. The maximum atomic E-state index is 10.8. The van der Waals surface area contributed by atoms with Crippen LogP contribution in [0.25, 0.3) is 0 Å². The van der Waals surface area contributed by atoms with E-state index in [1.807, 2.05) is 0 Å². The molecule has 0 aliphatic heterocycles. The van der Waals surface area contributed by atoms with Crippen molar-refractivity contribution in [1.29, 1.82) is 0 Å². The summed E-state index contributed by atoms with van der Waals surface area (Å²) in [5, 5.41) is 19.2. The number of phenols is 1. The Kier molecular flexibility index (Phi) is 11.5. The summed E-state index contributed by atoms with van der Waals surface area (Å²) in [7, 11) is 0. The Morgan fingerprint density at radius 3 is 2.31 bits per heavy atom. The number of hydrogen-bond donors (Lipinski definition) is 2. The average molecular weight is 366 g/mol. The summed E-state index contributed by atoms with van der Waals surface area (Å²) < 4.78 is 10.6. The molecular formula is C21H34O5. The molecule has 0 aliphatic rings. The van der Waals surface area contributed by atoms with Crippen LogP contribution in [-0.2, 0) is 4.74 Å². The van der Waals surface area contributed by atoms with Gasteiger partial charge in [0, 0.05) is 12.2 Å². The number of unbranched alkanes of at least 4 members (excludes halogenated alkanes) is 7. The molecule has 1 aromatic carbocycles. The number of benzene rings is 1. The second-order valence-corrected chi connectivity index (χ2v) is 6.68. The van der Waals surface area contributed by atoms with E-state index in [0.29, 0.717) is 12.2 Å². The highest BCUT2D eigenvalue weighted by molar-refractivity contribution is 5.63. The van der Waals surface area contributed by atoms with Crippen molar-refractivity contribution in [2.45, 2.75) is 84.2 Å². The fourth-order valence-corrected chi connectivity index (χ4v) is 2.96. The third-order valence-electron chi connectivity index (χ3n) is 4.46. The minimum Gasteiger partial charge on any atom is -0.504 e. The van der Waals surface area contributed by atoms with Gasteiger partial charge in [-0.15, -0.1) is 0 Å². The van der Waals surface area contributed by atoms with Crippen LogP contribution in [0.5, 0.6) is 11.5 Å². The van der Waals surface area contributed by atoms with Crippen LogP contribution in [0.15, 0.2) is 18.2 Å². The Bertz CT molecular complexity index is 515. The van der Waals surface area contributed by atoms with E-state index in [0.717, 1.165) is 32.1 Å². The number of carbonyl (C=O) groups is 1. The molecule has 0 heterocycles. The summed E-state index contributed by atoms with van der Waals surface area (Å²) in [6.45, 7) is 4.95. The quantitative estimate of drug-likeness (QED) is 0.225. The molecule has 0 saturated carbocycles. The second-order valence-electron chi connectivity index (χ2n) is 6.68. The zero-order chi connectivity index (χ0) is 19.2. The van der Waals surface area contributed by atoms with Crippen LogP contribution < -0.4 is 4.74 Å². The lowest BCUT2D eigenvalue weighted by Crippen LogP contribution is -2.08. The van der Waals surface area contributed by atoms with Gasteiger partial charge >= 0.3 is 6.16 Å². The van der Waals surface area contributed by atoms with Crippen LogP contribution in [0, 0.1) is 0 Å². The topological polar surface area (TPSA) is 76.0 Å². The third kappa shape index (κ3) is 8.56. The van der Waals surface area contributed by atoms with Gasteiger partial charge in [0.1, 0.15) is 0 Å². The molecule has 0 amide bonds. The molecule has 0 radical (unpaired) electrons. The lowest BCUT2D eigenvalue weighted by atomic mass is 10.0. The van der Waals surface area contributed by atoms with Crippen LogP contribution in [0.3, 0.4) is 0 Å². The average Bonchev–Trinajstić information content (AvgIpc) is 2.61. The van der Waals surface area contributed by atoms with Gasteiger partial charge in [-0.1, -0.05) is 77.3 Å². The lowest BCUT2D eigenvalue weighted by molar-refractivity contribution is 0.0410. The van der Waals surface area contributed by atoms with Crippen molar-refractivity contribution in [3.05, 3.63) is 23.8 Å². The van der Waals surface area contributed by atoms with E-state index in [1.165, 1.54) is 38.2 Å². The molecule has 0 aliphatic carbocycles. The first-order chi connectivity index (χ1) is 12.6. The minimum absolute atomic E-state index is 0.0429. The van der Waals surface area contributed by atoms with Crippen molar-refractivity contribution >= 4 is 6.16 Å². The molecule has 5 heteroatoms. The van der Waals surface area contributed by atoms with E-state index in [-0.39, 0.29) is 17.6 Å². The van der Waals surface area contributed by atoms with Crippen molar-refractivity contribution in [3.63, 3.8) is 0 Å². The first kappa shape index (κ1) is 22.3. The van der Waals surface area contributed by atoms with E-state index in [2.05, 4.69) is 18.6 Å². The Morgan fingerprint density at radius 1 is 1.00 bits per heavy atom. The monoisotopic (exact) mass is 366 g/mol. The van der Waals surface area contributed by atoms with E-state index >= 15 is 0 Å². The van der Waals surface area contributed by atoms with Gasteiger partial charge in [-0.2, -0.15) is 0 Å². The minimum atomic E-state index is -1.44. The number of carboxylic acid groups (broad SMARTS) is 1. The van der Waals surface area contributed by atoms with E-state index < -0.39 is 6.16 Å². The number of para-hydroxylation sites is 1.